The maximum absolute atomic E-state index is 14.4. The summed E-state index contributed by atoms with van der Waals surface area (Å²) in [6.45, 7) is 1.59. The van der Waals surface area contributed by atoms with Crippen LogP contribution in [0.5, 0.6) is 0 Å². The summed E-state index contributed by atoms with van der Waals surface area (Å²) >= 11 is 5.83. The maximum Gasteiger partial charge on any atom is 0.246 e. The zero-order valence-corrected chi connectivity index (χ0v) is 31.2. The molecule has 3 heterocycles. The molecule has 4 aromatic rings. The van der Waals surface area contributed by atoms with E-state index in [0.29, 0.717) is 45.3 Å². The number of rotatable bonds is 14. The second kappa shape index (κ2) is 18.7. The smallest absolute Gasteiger partial charge is 0.246 e. The number of H-pyrrole nitrogens is 1. The van der Waals surface area contributed by atoms with Crippen molar-refractivity contribution >= 4 is 52.0 Å². The SMILES string of the molecule is O=C(CCl)NC(Cc1ccccc1)C(=O)N1CCCC[C@H]1C(=O)NC(Cc1c[nH]c2ccccc12)C(=O)NC(Cc1ccccc1)C(=O)N1CCCCC1. The second-order valence-electron chi connectivity index (χ2n) is 14.2. The number of aromatic nitrogens is 1. The first-order valence-corrected chi connectivity index (χ1v) is 19.5. The van der Waals surface area contributed by atoms with Crippen LogP contribution in [0.1, 0.15) is 55.2 Å². The molecule has 2 aliphatic heterocycles. The van der Waals surface area contributed by atoms with Gasteiger partial charge in [-0.3, -0.25) is 24.0 Å². The van der Waals surface area contributed by atoms with E-state index < -0.39 is 41.9 Å². The second-order valence-corrected chi connectivity index (χ2v) is 14.5. The number of nitrogens with one attached hydrogen (secondary N) is 4. The summed E-state index contributed by atoms with van der Waals surface area (Å²) in [6, 6.07) is 23.0. The molecule has 284 valence electrons. The normalized spacial score (nSPS) is 17.6. The Hall–Kier alpha value is -5.16. The molecule has 1 aromatic heterocycles. The highest BCUT2D eigenvalue weighted by molar-refractivity contribution is 6.27. The average Bonchev–Trinajstić information content (AvgIpc) is 3.63. The van der Waals surface area contributed by atoms with Crippen LogP contribution in [0.15, 0.2) is 91.1 Å². The van der Waals surface area contributed by atoms with E-state index in [9.17, 15) is 24.0 Å². The fourth-order valence-electron chi connectivity index (χ4n) is 7.61. The first-order valence-electron chi connectivity index (χ1n) is 19.0. The molecule has 2 fully saturated rings. The van der Waals surface area contributed by atoms with Crippen molar-refractivity contribution < 1.29 is 24.0 Å². The van der Waals surface area contributed by atoms with Gasteiger partial charge >= 0.3 is 0 Å². The van der Waals surface area contributed by atoms with Crippen LogP contribution < -0.4 is 16.0 Å². The molecule has 0 aliphatic carbocycles. The molecule has 2 aliphatic rings. The molecular formula is C42H49ClN6O5. The predicted octanol–water partition coefficient (Wildman–Crippen LogP) is 4.28. The van der Waals surface area contributed by atoms with E-state index in [1.165, 1.54) is 4.90 Å². The molecule has 3 aromatic carbocycles. The topological polar surface area (TPSA) is 144 Å². The summed E-state index contributed by atoms with van der Waals surface area (Å²) in [4.78, 5) is 76.0. The first kappa shape index (κ1) is 38.6. The van der Waals surface area contributed by atoms with Crippen LogP contribution in [-0.4, -0.2) is 94.0 Å². The molecule has 0 bridgehead atoms. The highest BCUT2D eigenvalue weighted by Crippen LogP contribution is 2.23. The third kappa shape index (κ3) is 9.87. The van der Waals surface area contributed by atoms with Crippen molar-refractivity contribution in [3.05, 3.63) is 108 Å². The minimum absolute atomic E-state index is 0.142. The molecule has 4 atom stereocenters. The number of halogens is 1. The molecule has 0 radical (unpaired) electrons. The van der Waals surface area contributed by atoms with Gasteiger partial charge in [0.15, 0.2) is 0 Å². The Morgan fingerprint density at radius 2 is 1.28 bits per heavy atom. The van der Waals surface area contributed by atoms with Crippen LogP contribution >= 0.6 is 11.6 Å². The molecule has 3 unspecified atom stereocenters. The fourth-order valence-corrected chi connectivity index (χ4v) is 7.68. The number of hydrogen-bond acceptors (Lipinski definition) is 5. The summed E-state index contributed by atoms with van der Waals surface area (Å²) in [5.74, 6) is -2.26. The Kier molecular flexibility index (Phi) is 13.4. The van der Waals surface area contributed by atoms with E-state index in [1.807, 2.05) is 96.0 Å². The van der Waals surface area contributed by atoms with E-state index in [0.717, 1.165) is 46.9 Å². The zero-order valence-electron chi connectivity index (χ0n) is 30.5. The molecule has 4 N–H and O–H groups in total. The Morgan fingerprint density at radius 3 is 1.94 bits per heavy atom. The van der Waals surface area contributed by atoms with Gasteiger partial charge in [-0.25, -0.2) is 0 Å². The Balaban J connectivity index is 1.26. The quantitative estimate of drug-likeness (QED) is 0.142. The molecule has 54 heavy (non-hydrogen) atoms. The van der Waals surface area contributed by atoms with Crippen molar-refractivity contribution in [3.63, 3.8) is 0 Å². The van der Waals surface area contributed by atoms with Crippen molar-refractivity contribution in [3.8, 4) is 0 Å². The average molecular weight is 753 g/mol. The lowest BCUT2D eigenvalue weighted by Gasteiger charge is -2.38. The minimum Gasteiger partial charge on any atom is -0.361 e. The zero-order chi connectivity index (χ0) is 37.9. The lowest BCUT2D eigenvalue weighted by Crippen LogP contribution is -2.61. The molecule has 12 heteroatoms. The monoisotopic (exact) mass is 752 g/mol. The highest BCUT2D eigenvalue weighted by atomic mass is 35.5. The van der Waals surface area contributed by atoms with E-state index in [-0.39, 0.29) is 30.5 Å². The van der Waals surface area contributed by atoms with Crippen molar-refractivity contribution in [1.82, 2.24) is 30.7 Å². The first-order chi connectivity index (χ1) is 26.3. The van der Waals surface area contributed by atoms with Crippen molar-refractivity contribution in [2.45, 2.75) is 82.0 Å². The molecule has 5 amide bonds. The summed E-state index contributed by atoms with van der Waals surface area (Å²) in [6.07, 6.45) is 7.20. The number of amides is 5. The van der Waals surface area contributed by atoms with Crippen molar-refractivity contribution in [2.75, 3.05) is 25.5 Å². The lowest BCUT2D eigenvalue weighted by atomic mass is 9.97. The Labute approximate surface area is 321 Å². The molecular weight excluding hydrogens is 704 g/mol. The number of aromatic amines is 1. The molecule has 11 nitrogen and oxygen atoms in total. The van der Waals surface area contributed by atoms with Crippen molar-refractivity contribution in [1.29, 1.82) is 0 Å². The number of hydrogen-bond donors (Lipinski definition) is 4. The van der Waals surface area contributed by atoms with Crippen molar-refractivity contribution in [2.24, 2.45) is 0 Å². The van der Waals surface area contributed by atoms with Crippen LogP contribution in [0, 0.1) is 0 Å². The number of para-hydroxylation sites is 1. The van der Waals surface area contributed by atoms with Gasteiger partial charge in [0.1, 0.15) is 30.0 Å². The van der Waals surface area contributed by atoms with E-state index in [1.54, 1.807) is 0 Å². The summed E-state index contributed by atoms with van der Waals surface area (Å²) in [5, 5.41) is 9.73. The van der Waals surface area contributed by atoms with Gasteiger partial charge < -0.3 is 30.7 Å². The van der Waals surface area contributed by atoms with E-state index in [4.69, 9.17) is 11.6 Å². The van der Waals surface area contributed by atoms with Gasteiger partial charge in [-0.15, -0.1) is 11.6 Å². The summed E-state index contributed by atoms with van der Waals surface area (Å²) < 4.78 is 0. The van der Waals surface area contributed by atoms with Gasteiger partial charge in [0.2, 0.25) is 29.5 Å². The van der Waals surface area contributed by atoms with Gasteiger partial charge in [0.25, 0.3) is 0 Å². The number of nitrogens with zero attached hydrogens (tertiary/aromatic N) is 2. The third-order valence-electron chi connectivity index (χ3n) is 10.4. The number of alkyl halides is 1. The molecule has 0 saturated carbocycles. The molecule has 0 spiro atoms. The largest absolute Gasteiger partial charge is 0.361 e. The number of fused-ring (bicyclic) bond motifs is 1. The van der Waals surface area contributed by atoms with Crippen LogP contribution in [0.3, 0.4) is 0 Å². The number of benzene rings is 3. The molecule has 2 saturated heterocycles. The highest BCUT2D eigenvalue weighted by Gasteiger charge is 2.38. The van der Waals surface area contributed by atoms with Gasteiger partial charge in [0, 0.05) is 56.0 Å². The standard InChI is InChI=1S/C42H49ClN6O5/c43-27-38(50)45-36(25-30-16-6-2-7-17-30)42(54)49-23-13-10-20-37(49)40(52)46-34(26-31-28-44-33-19-9-8-18-32(31)33)39(51)47-35(24-29-14-4-1-5-15-29)41(53)48-21-11-3-12-22-48/h1-2,4-9,14-19,28,34-37,44H,3,10-13,20-27H2,(H,45,50)(H,46,52)(H,47,51)/t34?,35?,36?,37-/m0/s1. The van der Waals surface area contributed by atoms with Gasteiger partial charge in [-0.2, -0.15) is 0 Å². The van der Waals surface area contributed by atoms with Crippen LogP contribution in [-0.2, 0) is 43.2 Å². The lowest BCUT2D eigenvalue weighted by molar-refractivity contribution is -0.145. The van der Waals surface area contributed by atoms with Crippen LogP contribution in [0.4, 0.5) is 0 Å². The third-order valence-corrected chi connectivity index (χ3v) is 10.7. The maximum atomic E-state index is 14.4. The number of carbonyl (C=O) groups is 5. The van der Waals surface area contributed by atoms with E-state index >= 15 is 0 Å². The van der Waals surface area contributed by atoms with E-state index in [2.05, 4.69) is 20.9 Å². The summed E-state index contributed by atoms with van der Waals surface area (Å²) in [7, 11) is 0. The molecule has 6 rings (SSSR count). The van der Waals surface area contributed by atoms with Gasteiger partial charge in [0.05, 0.1) is 0 Å². The Bertz CT molecular complexity index is 1900. The Morgan fingerprint density at radius 1 is 0.667 bits per heavy atom. The number of likely N-dealkylation sites (tertiary alicyclic amines) is 2. The predicted molar refractivity (Wildman–Crippen MR) is 209 cm³/mol. The van der Waals surface area contributed by atoms with Crippen LogP contribution in [0.25, 0.3) is 10.9 Å². The fraction of sp³-hybridized carbons (Fsp3) is 0.405. The summed E-state index contributed by atoms with van der Waals surface area (Å²) in [5.41, 5.74) is 3.49. The number of carbonyl (C=O) groups excluding carboxylic acids is 5. The van der Waals surface area contributed by atoms with Gasteiger partial charge in [-0.1, -0.05) is 78.9 Å². The minimum atomic E-state index is -1.06. The number of piperidine rings is 2. The van der Waals surface area contributed by atoms with Gasteiger partial charge in [-0.05, 0) is 61.3 Å². The van der Waals surface area contributed by atoms with Crippen LogP contribution in [0.2, 0.25) is 0 Å².